The van der Waals surface area contributed by atoms with E-state index in [0.717, 1.165) is 16.5 Å². The summed E-state index contributed by atoms with van der Waals surface area (Å²) in [7, 11) is 1.85. The lowest BCUT2D eigenvalue weighted by Crippen LogP contribution is -2.42. The minimum absolute atomic E-state index is 0.0298. The average Bonchev–Trinajstić information content (AvgIpc) is 3.66. The van der Waals surface area contributed by atoms with Crippen molar-refractivity contribution >= 4 is 22.6 Å². The second kappa shape index (κ2) is 10.6. The first-order valence-corrected chi connectivity index (χ1v) is 13.9. The molecule has 1 N–H and O–H groups in total. The number of benzene rings is 1. The second-order valence-corrected chi connectivity index (χ2v) is 11.8. The Bertz CT molecular complexity index is 1810. The van der Waals surface area contributed by atoms with Crippen molar-refractivity contribution in [1.29, 1.82) is 0 Å². The predicted octanol–water partition coefficient (Wildman–Crippen LogP) is 5.55. The van der Waals surface area contributed by atoms with E-state index in [0.29, 0.717) is 29.1 Å². The van der Waals surface area contributed by atoms with Gasteiger partial charge in [0.05, 0.1) is 11.7 Å². The molecular weight excluding hydrogens is 561 g/mol. The van der Waals surface area contributed by atoms with Gasteiger partial charge in [-0.25, -0.2) is 9.78 Å². The minimum atomic E-state index is -4.56. The van der Waals surface area contributed by atoms with Gasteiger partial charge in [0.25, 0.3) is 0 Å². The van der Waals surface area contributed by atoms with Crippen molar-refractivity contribution < 1.29 is 22.7 Å². The van der Waals surface area contributed by atoms with Gasteiger partial charge in [0.1, 0.15) is 17.3 Å². The highest BCUT2D eigenvalue weighted by atomic mass is 19.4. The molecule has 5 aromatic rings. The van der Waals surface area contributed by atoms with Crippen LogP contribution in [0.5, 0.6) is 0 Å². The van der Waals surface area contributed by atoms with Gasteiger partial charge in [-0.2, -0.15) is 18.3 Å². The highest BCUT2D eigenvalue weighted by Gasteiger charge is 2.47. The number of aryl methyl sites for hydroxylation is 1. The number of nitrogens with one attached hydrogen (secondary N) is 1. The Labute approximate surface area is 245 Å². The molecule has 1 saturated heterocycles. The molecule has 1 aliphatic rings. The van der Waals surface area contributed by atoms with Gasteiger partial charge >= 0.3 is 12.3 Å². The summed E-state index contributed by atoms with van der Waals surface area (Å²) in [6.45, 7) is 5.38. The van der Waals surface area contributed by atoms with Crippen molar-refractivity contribution in [2.75, 3.05) is 13.1 Å². The fourth-order valence-corrected chi connectivity index (χ4v) is 5.46. The maximum atomic E-state index is 14.6. The predicted molar refractivity (Wildman–Crippen MR) is 154 cm³/mol. The molecule has 10 nitrogen and oxygen atoms in total. The molecule has 43 heavy (non-hydrogen) atoms. The van der Waals surface area contributed by atoms with Crippen molar-refractivity contribution in [2.45, 2.75) is 51.1 Å². The lowest BCUT2D eigenvalue weighted by atomic mass is 10.1. The summed E-state index contributed by atoms with van der Waals surface area (Å²) in [5.74, 6) is 0.331. The molecule has 1 amide bonds. The number of amides is 1. The first-order valence-electron chi connectivity index (χ1n) is 13.9. The van der Waals surface area contributed by atoms with Crippen LogP contribution in [0.25, 0.3) is 39.2 Å². The number of pyridine rings is 2. The van der Waals surface area contributed by atoms with E-state index < -0.39 is 30.0 Å². The van der Waals surface area contributed by atoms with Crippen LogP contribution in [0.1, 0.15) is 38.8 Å². The lowest BCUT2D eigenvalue weighted by molar-refractivity contribution is -0.184. The number of likely N-dealkylation sites (tertiary alicyclic amines) is 1. The van der Waals surface area contributed by atoms with E-state index in [1.807, 2.05) is 37.5 Å². The molecule has 6 rings (SSSR count). The first kappa shape index (κ1) is 28.6. The normalized spacial score (nSPS) is 17.0. The average molecular weight is 593 g/mol. The Morgan fingerprint density at radius 3 is 2.56 bits per heavy atom. The molecule has 5 heterocycles. The van der Waals surface area contributed by atoms with Crippen LogP contribution in [0.3, 0.4) is 0 Å². The van der Waals surface area contributed by atoms with Gasteiger partial charge in [-0.3, -0.25) is 14.0 Å². The molecule has 13 heteroatoms. The molecule has 1 aliphatic heterocycles. The van der Waals surface area contributed by atoms with E-state index in [-0.39, 0.29) is 18.7 Å². The van der Waals surface area contributed by atoms with Crippen LogP contribution in [0.4, 0.5) is 18.0 Å². The number of aromatic nitrogens is 6. The van der Waals surface area contributed by atoms with Gasteiger partial charge in [-0.05, 0) is 56.5 Å². The number of halogens is 3. The topological polar surface area (TPSA) is 102 Å². The van der Waals surface area contributed by atoms with Gasteiger partial charge in [0.15, 0.2) is 11.5 Å². The Balaban J connectivity index is 1.30. The van der Waals surface area contributed by atoms with Crippen molar-refractivity contribution in [3.05, 3.63) is 66.6 Å². The monoisotopic (exact) mass is 592 g/mol. The van der Waals surface area contributed by atoms with Crippen molar-refractivity contribution in [2.24, 2.45) is 7.05 Å². The van der Waals surface area contributed by atoms with Crippen molar-refractivity contribution in [3.63, 3.8) is 0 Å². The maximum absolute atomic E-state index is 14.6. The van der Waals surface area contributed by atoms with E-state index in [1.54, 1.807) is 42.1 Å². The molecule has 4 aromatic heterocycles. The molecule has 0 bridgehead atoms. The number of nitrogens with zero attached hydrogens (tertiary/aromatic N) is 7. The first-order chi connectivity index (χ1) is 20.3. The third-order valence-electron chi connectivity index (χ3n) is 7.32. The highest BCUT2D eigenvalue weighted by Crippen LogP contribution is 2.40. The van der Waals surface area contributed by atoms with E-state index in [4.69, 9.17) is 9.72 Å². The van der Waals surface area contributed by atoms with Gasteiger partial charge in [0.2, 0.25) is 0 Å². The molecule has 0 saturated carbocycles. The Kier molecular flexibility index (Phi) is 7.07. The zero-order valence-electron chi connectivity index (χ0n) is 24.1. The quantitative estimate of drug-likeness (QED) is 0.286. The Morgan fingerprint density at radius 2 is 1.84 bits per heavy atom. The maximum Gasteiger partial charge on any atom is 0.408 e. The fourth-order valence-electron chi connectivity index (χ4n) is 5.46. The standard InChI is InChI=1S/C30H31F3N8O2/c1-29(2,3)43-28(42)35-22-11-12-40(17-22)26(30(31,32)33)20-8-10-25-37-38-27(41(25)16-20)23-9-7-18-5-6-19(13-24(18)36-23)21-14-34-39(4)15-21/h5-10,13-16,22,26H,11-12,17H2,1-4H3,(H,35,42)/t22-,26?/m0/s1. The third-order valence-corrected chi connectivity index (χ3v) is 7.32. The zero-order valence-corrected chi connectivity index (χ0v) is 24.1. The summed E-state index contributed by atoms with van der Waals surface area (Å²) in [5, 5.41) is 16.3. The largest absolute Gasteiger partial charge is 0.444 e. The van der Waals surface area contributed by atoms with Crippen molar-refractivity contribution in [1.82, 2.24) is 39.6 Å². The molecule has 1 unspecified atom stereocenters. The van der Waals surface area contributed by atoms with E-state index >= 15 is 0 Å². The number of hydrogen-bond donors (Lipinski definition) is 1. The number of hydrogen-bond acceptors (Lipinski definition) is 7. The summed E-state index contributed by atoms with van der Waals surface area (Å²) in [6.07, 6.45) is 0.266. The third kappa shape index (κ3) is 6.03. The van der Waals surface area contributed by atoms with E-state index in [1.165, 1.54) is 23.2 Å². The number of rotatable bonds is 5. The summed E-state index contributed by atoms with van der Waals surface area (Å²) in [4.78, 5) is 18.3. The summed E-state index contributed by atoms with van der Waals surface area (Å²) in [5.41, 5.74) is 2.81. The minimum Gasteiger partial charge on any atom is -0.444 e. The van der Waals surface area contributed by atoms with E-state index in [2.05, 4.69) is 20.6 Å². The summed E-state index contributed by atoms with van der Waals surface area (Å²) in [6, 6.07) is 10.2. The second-order valence-electron chi connectivity index (χ2n) is 11.8. The number of alkyl carbamates (subject to hydrolysis) is 1. The molecule has 2 atom stereocenters. The van der Waals surface area contributed by atoms with Gasteiger partial charge in [-0.1, -0.05) is 24.3 Å². The fraction of sp³-hybridized carbons (Fsp3) is 0.367. The van der Waals surface area contributed by atoms with Crippen LogP contribution in [-0.4, -0.2) is 71.3 Å². The smallest absolute Gasteiger partial charge is 0.408 e. The van der Waals surface area contributed by atoms with Crippen LogP contribution in [0.15, 0.2) is 61.1 Å². The molecule has 0 aliphatic carbocycles. The number of carbonyl (C=O) groups excluding carboxylic acids is 1. The highest BCUT2D eigenvalue weighted by molar-refractivity contribution is 5.85. The molecular formula is C30H31F3N8O2. The molecule has 224 valence electrons. The van der Waals surface area contributed by atoms with Gasteiger partial charge in [-0.15, -0.1) is 10.2 Å². The number of carbonyl (C=O) groups is 1. The van der Waals surface area contributed by atoms with E-state index in [9.17, 15) is 18.0 Å². The Morgan fingerprint density at radius 1 is 1.05 bits per heavy atom. The SMILES string of the molecule is Cn1cc(-c2ccc3ccc(-c4nnc5ccc(C(N6CC[C@H](NC(=O)OC(C)(C)C)C6)C(F)(F)F)cn45)nc3c2)cn1. The van der Waals surface area contributed by atoms with Crippen molar-refractivity contribution in [3.8, 4) is 22.6 Å². The molecule has 0 spiro atoms. The van der Waals surface area contributed by atoms with Crippen LogP contribution < -0.4 is 5.32 Å². The summed E-state index contributed by atoms with van der Waals surface area (Å²) >= 11 is 0. The number of ether oxygens (including phenoxy) is 1. The van der Waals surface area contributed by atoms with Gasteiger partial charge in [0, 0.05) is 49.5 Å². The lowest BCUT2D eigenvalue weighted by Gasteiger charge is -2.30. The number of fused-ring (bicyclic) bond motifs is 2. The zero-order chi connectivity index (χ0) is 30.5. The molecule has 1 aromatic carbocycles. The van der Waals surface area contributed by atoms with Crippen LogP contribution in [0.2, 0.25) is 0 Å². The Hall–Kier alpha value is -4.52. The van der Waals surface area contributed by atoms with Gasteiger partial charge < -0.3 is 10.1 Å². The molecule has 0 radical (unpaired) electrons. The summed E-state index contributed by atoms with van der Waals surface area (Å²) < 4.78 is 52.2. The molecule has 1 fully saturated rings. The van der Waals surface area contributed by atoms with Crippen LogP contribution in [0, 0.1) is 0 Å². The van der Waals surface area contributed by atoms with Crippen LogP contribution in [-0.2, 0) is 11.8 Å². The van der Waals surface area contributed by atoms with Crippen LogP contribution >= 0.6 is 0 Å². The number of alkyl halides is 3.